The monoisotopic (exact) mass is 619 g/mol. The van der Waals surface area contributed by atoms with Gasteiger partial charge in [0.2, 0.25) is 11.8 Å². The summed E-state index contributed by atoms with van der Waals surface area (Å²) in [4.78, 5) is 23.5. The average Bonchev–Trinajstić information content (AvgIpc) is 3.34. The third-order valence-corrected chi connectivity index (χ3v) is 13.0. The second-order valence-corrected chi connectivity index (χ2v) is 15.7. The molecule has 8 heteroatoms. The van der Waals surface area contributed by atoms with Crippen LogP contribution in [0.15, 0.2) is 0 Å². The fraction of sp³-hybridized carbons (Fsp3) is 0.944. The van der Waals surface area contributed by atoms with E-state index in [0.29, 0.717) is 41.4 Å². The summed E-state index contributed by atoms with van der Waals surface area (Å²) >= 11 is 0. The normalized spacial score (nSPS) is 37.0. The number of aliphatic hydroxyl groups excluding tert-OH is 2. The molecule has 4 rings (SSSR count). The molecule has 10 atom stereocenters. The second kappa shape index (κ2) is 16.6. The molecule has 0 bridgehead atoms. The summed E-state index contributed by atoms with van der Waals surface area (Å²) in [5.41, 5.74) is 0.498. The Bertz CT molecular complexity index is 919. The Morgan fingerprint density at radius 1 is 0.750 bits per heavy atom. The average molecular weight is 619 g/mol. The van der Waals surface area contributed by atoms with E-state index in [1.54, 1.807) is 6.92 Å². The van der Waals surface area contributed by atoms with Crippen LogP contribution in [0, 0.1) is 46.3 Å². The quantitative estimate of drug-likeness (QED) is 0.135. The Morgan fingerprint density at radius 3 is 2.05 bits per heavy atom. The van der Waals surface area contributed by atoms with Crippen molar-refractivity contribution in [1.82, 2.24) is 21.3 Å². The van der Waals surface area contributed by atoms with E-state index in [2.05, 4.69) is 42.0 Å². The number of fused-ring (bicyclic) bond motifs is 5. The maximum absolute atomic E-state index is 12.7. The van der Waals surface area contributed by atoms with Crippen molar-refractivity contribution < 1.29 is 19.8 Å². The summed E-state index contributed by atoms with van der Waals surface area (Å²) in [7, 11) is 0. The van der Waals surface area contributed by atoms with Crippen molar-refractivity contribution in [3.63, 3.8) is 0 Å². The number of amides is 2. The zero-order valence-corrected chi connectivity index (χ0v) is 28.5. The van der Waals surface area contributed by atoms with Crippen molar-refractivity contribution in [3.05, 3.63) is 0 Å². The van der Waals surface area contributed by atoms with Gasteiger partial charge in [0, 0.05) is 26.4 Å². The first-order chi connectivity index (χ1) is 21.1. The minimum atomic E-state index is -0.269. The summed E-state index contributed by atoms with van der Waals surface area (Å²) < 4.78 is 0. The largest absolute Gasteiger partial charge is 0.393 e. The standard InChI is InChI=1S/C36H66N4O4/c1-25(9-12-34(44)40-22-8-20-38-18-6-5-17-37-19-7-21-39-26(2)41)29-10-11-30-28-24-33(43)32-23-27(42)13-15-36(32,4)31(28)14-16-35(29,30)3/h25,27-33,37-38,42-43H,5-24H2,1-4H3,(H,39,41)(H,40,44)/t25-,27-,28+,29-,30+,31+,32+,33+,35-,36-/m1/s1. The molecule has 0 aromatic carbocycles. The van der Waals surface area contributed by atoms with Gasteiger partial charge in [0.15, 0.2) is 0 Å². The Hall–Kier alpha value is -1.22. The highest BCUT2D eigenvalue weighted by molar-refractivity contribution is 5.75. The third-order valence-electron chi connectivity index (χ3n) is 13.0. The van der Waals surface area contributed by atoms with Crippen LogP contribution < -0.4 is 21.3 Å². The lowest BCUT2D eigenvalue weighted by Crippen LogP contribution is -2.58. The van der Waals surface area contributed by atoms with Gasteiger partial charge in [-0.2, -0.15) is 0 Å². The number of nitrogens with one attached hydrogen (secondary N) is 4. The maximum Gasteiger partial charge on any atom is 0.220 e. The van der Waals surface area contributed by atoms with Crippen molar-refractivity contribution in [3.8, 4) is 0 Å². The van der Waals surface area contributed by atoms with Crippen LogP contribution in [-0.4, -0.2) is 73.5 Å². The van der Waals surface area contributed by atoms with Gasteiger partial charge in [-0.05, 0) is 156 Å². The van der Waals surface area contributed by atoms with Crippen LogP contribution in [0.1, 0.15) is 118 Å². The number of unbranched alkanes of at least 4 members (excludes halogenated alkanes) is 1. The molecule has 0 aliphatic heterocycles. The third kappa shape index (κ3) is 8.77. The molecule has 8 nitrogen and oxygen atoms in total. The van der Waals surface area contributed by atoms with E-state index in [-0.39, 0.29) is 35.4 Å². The molecule has 4 saturated carbocycles. The molecule has 0 heterocycles. The van der Waals surface area contributed by atoms with Crippen molar-refractivity contribution in [2.24, 2.45) is 46.3 Å². The molecule has 4 aliphatic rings. The van der Waals surface area contributed by atoms with Crippen LogP contribution in [0.2, 0.25) is 0 Å². The molecule has 6 N–H and O–H groups in total. The number of aliphatic hydroxyl groups is 2. The van der Waals surface area contributed by atoms with Crippen LogP contribution in [0.5, 0.6) is 0 Å². The molecule has 254 valence electrons. The highest BCUT2D eigenvalue weighted by Crippen LogP contribution is 2.68. The first-order valence-corrected chi connectivity index (χ1v) is 18.3. The zero-order chi connectivity index (χ0) is 31.7. The summed E-state index contributed by atoms with van der Waals surface area (Å²) in [5, 5.41) is 34.5. The number of carbonyl (C=O) groups is 2. The van der Waals surface area contributed by atoms with Gasteiger partial charge in [-0.1, -0.05) is 20.8 Å². The van der Waals surface area contributed by atoms with E-state index < -0.39 is 0 Å². The Labute approximate surface area is 268 Å². The van der Waals surface area contributed by atoms with Crippen molar-refractivity contribution in [1.29, 1.82) is 0 Å². The van der Waals surface area contributed by atoms with Gasteiger partial charge in [-0.15, -0.1) is 0 Å². The molecular formula is C36H66N4O4. The number of carbonyl (C=O) groups excluding carboxylic acids is 2. The highest BCUT2D eigenvalue weighted by atomic mass is 16.3. The predicted octanol–water partition coefficient (Wildman–Crippen LogP) is 4.39. The Kier molecular flexibility index (Phi) is 13.4. The van der Waals surface area contributed by atoms with E-state index in [1.165, 1.54) is 25.7 Å². The molecule has 2 amide bonds. The fourth-order valence-corrected chi connectivity index (χ4v) is 10.6. The zero-order valence-electron chi connectivity index (χ0n) is 28.5. The van der Waals surface area contributed by atoms with Crippen LogP contribution in [0.4, 0.5) is 0 Å². The second-order valence-electron chi connectivity index (χ2n) is 15.7. The fourth-order valence-electron chi connectivity index (χ4n) is 10.6. The topological polar surface area (TPSA) is 123 Å². The maximum atomic E-state index is 12.7. The van der Waals surface area contributed by atoms with Gasteiger partial charge in [-0.25, -0.2) is 0 Å². The molecule has 0 aromatic heterocycles. The van der Waals surface area contributed by atoms with E-state index in [4.69, 9.17) is 0 Å². The molecule has 0 aromatic rings. The first-order valence-electron chi connectivity index (χ1n) is 18.3. The Balaban J connectivity index is 1.08. The van der Waals surface area contributed by atoms with Crippen molar-refractivity contribution in [2.75, 3.05) is 39.3 Å². The minimum absolute atomic E-state index is 0.0344. The SMILES string of the molecule is CC(=O)NCCCNCCCCNCCCNC(=O)CC[C@@H](C)[C@H]1CC[C@H]2[C@@H]3C[C@H](O)[C@@H]4C[C@H](O)CC[C@]4(C)[C@H]3CC[C@]12C. The van der Waals surface area contributed by atoms with Gasteiger partial charge >= 0.3 is 0 Å². The van der Waals surface area contributed by atoms with Gasteiger partial charge < -0.3 is 31.5 Å². The smallest absolute Gasteiger partial charge is 0.220 e. The molecule has 0 spiro atoms. The molecule has 0 unspecified atom stereocenters. The molecule has 44 heavy (non-hydrogen) atoms. The summed E-state index contributed by atoms with van der Waals surface area (Å²) in [6.07, 6.45) is 14.0. The number of hydrogen-bond donors (Lipinski definition) is 6. The lowest BCUT2D eigenvalue weighted by molar-refractivity contribution is -0.172. The van der Waals surface area contributed by atoms with Gasteiger partial charge in [0.1, 0.15) is 0 Å². The van der Waals surface area contributed by atoms with Gasteiger partial charge in [0.25, 0.3) is 0 Å². The highest BCUT2D eigenvalue weighted by Gasteiger charge is 2.62. The summed E-state index contributed by atoms with van der Waals surface area (Å²) in [5.74, 6) is 3.68. The number of hydrogen-bond acceptors (Lipinski definition) is 6. The van der Waals surface area contributed by atoms with Gasteiger partial charge in [-0.3, -0.25) is 9.59 Å². The minimum Gasteiger partial charge on any atom is -0.393 e. The molecule has 4 aliphatic carbocycles. The lowest BCUT2D eigenvalue weighted by Gasteiger charge is -2.62. The van der Waals surface area contributed by atoms with Crippen molar-refractivity contribution >= 4 is 11.8 Å². The molecule has 0 radical (unpaired) electrons. The van der Waals surface area contributed by atoms with Crippen LogP contribution in [0.3, 0.4) is 0 Å². The molecular weight excluding hydrogens is 552 g/mol. The van der Waals surface area contributed by atoms with E-state index >= 15 is 0 Å². The molecule has 4 fully saturated rings. The summed E-state index contributed by atoms with van der Waals surface area (Å²) in [6.45, 7) is 14.3. The summed E-state index contributed by atoms with van der Waals surface area (Å²) in [6, 6.07) is 0. The Morgan fingerprint density at radius 2 is 1.36 bits per heavy atom. The van der Waals surface area contributed by atoms with E-state index in [0.717, 1.165) is 97.1 Å². The van der Waals surface area contributed by atoms with E-state index in [1.807, 2.05) is 0 Å². The predicted molar refractivity (Wildman–Crippen MR) is 177 cm³/mol. The van der Waals surface area contributed by atoms with E-state index in [9.17, 15) is 19.8 Å². The van der Waals surface area contributed by atoms with Crippen LogP contribution in [-0.2, 0) is 9.59 Å². The molecule has 0 saturated heterocycles. The van der Waals surface area contributed by atoms with Crippen LogP contribution >= 0.6 is 0 Å². The van der Waals surface area contributed by atoms with Crippen molar-refractivity contribution in [2.45, 2.75) is 130 Å². The first kappa shape index (κ1) is 35.6. The lowest BCUT2D eigenvalue weighted by atomic mass is 9.44. The van der Waals surface area contributed by atoms with Crippen LogP contribution in [0.25, 0.3) is 0 Å². The number of rotatable bonds is 17. The van der Waals surface area contributed by atoms with Gasteiger partial charge in [0.05, 0.1) is 12.2 Å².